The minimum absolute atomic E-state index is 0.0887. The van der Waals surface area contributed by atoms with Crippen LogP contribution in [0.5, 0.6) is 5.75 Å². The monoisotopic (exact) mass is 409 g/mol. The van der Waals surface area contributed by atoms with Gasteiger partial charge in [-0.05, 0) is 24.3 Å². The van der Waals surface area contributed by atoms with E-state index in [9.17, 15) is 14.9 Å². The topological polar surface area (TPSA) is 94.4 Å². The van der Waals surface area contributed by atoms with Crippen molar-refractivity contribution in [3.05, 3.63) is 51.5 Å². The van der Waals surface area contributed by atoms with Gasteiger partial charge in [-0.15, -0.1) is 11.8 Å². The van der Waals surface area contributed by atoms with Crippen LogP contribution in [0.2, 0.25) is 5.02 Å². The molecular formula is C16H12ClN3O4S2. The van der Waals surface area contributed by atoms with Gasteiger partial charge in [0.25, 0.3) is 5.69 Å². The second kappa shape index (κ2) is 7.90. The van der Waals surface area contributed by atoms with Crippen molar-refractivity contribution in [3.63, 3.8) is 0 Å². The number of nitro benzene ring substituents is 1. The van der Waals surface area contributed by atoms with Gasteiger partial charge in [-0.3, -0.25) is 14.9 Å². The third kappa shape index (κ3) is 4.24. The minimum Gasteiger partial charge on any atom is -0.494 e. The molecule has 3 rings (SSSR count). The van der Waals surface area contributed by atoms with Gasteiger partial charge >= 0.3 is 0 Å². The Hall–Kier alpha value is -2.36. The standard InChI is InChI=1S/C16H12ClN3O4S2/c1-24-12-6-10(20(22)23)7-13-15(12)19-16(26-13)18-14(21)8-25-11-4-2-9(17)3-5-11/h2-7H,8H2,1H3,(H,18,19,21). The highest BCUT2D eigenvalue weighted by atomic mass is 35.5. The number of thioether (sulfide) groups is 1. The van der Waals surface area contributed by atoms with Crippen molar-refractivity contribution in [3.8, 4) is 5.75 Å². The van der Waals surface area contributed by atoms with Crippen molar-refractivity contribution in [2.24, 2.45) is 0 Å². The maximum absolute atomic E-state index is 12.1. The quantitative estimate of drug-likeness (QED) is 0.363. The molecule has 1 heterocycles. The van der Waals surface area contributed by atoms with Gasteiger partial charge in [-0.2, -0.15) is 0 Å². The smallest absolute Gasteiger partial charge is 0.274 e. The van der Waals surface area contributed by atoms with E-state index in [1.54, 1.807) is 12.1 Å². The lowest BCUT2D eigenvalue weighted by Gasteiger charge is -2.02. The first kappa shape index (κ1) is 18.4. The first-order valence-electron chi connectivity index (χ1n) is 7.27. The predicted octanol–water partition coefficient (Wildman–Crippen LogP) is 4.60. The zero-order valence-corrected chi connectivity index (χ0v) is 15.8. The number of hydrogen-bond acceptors (Lipinski definition) is 7. The fraction of sp³-hybridized carbons (Fsp3) is 0.125. The van der Waals surface area contributed by atoms with E-state index in [4.69, 9.17) is 16.3 Å². The number of aromatic nitrogens is 1. The van der Waals surface area contributed by atoms with Gasteiger partial charge in [0.05, 0.1) is 28.6 Å². The molecule has 0 bridgehead atoms. The number of thiazole rings is 1. The number of nitro groups is 1. The molecule has 0 fully saturated rings. The zero-order chi connectivity index (χ0) is 18.7. The van der Waals surface area contributed by atoms with Crippen LogP contribution >= 0.6 is 34.7 Å². The summed E-state index contributed by atoms with van der Waals surface area (Å²) in [6.07, 6.45) is 0. The summed E-state index contributed by atoms with van der Waals surface area (Å²) >= 11 is 8.35. The van der Waals surface area contributed by atoms with Gasteiger partial charge in [-0.1, -0.05) is 22.9 Å². The molecule has 1 N–H and O–H groups in total. The summed E-state index contributed by atoms with van der Waals surface area (Å²) < 4.78 is 5.73. The van der Waals surface area contributed by atoms with Crippen LogP contribution in [-0.2, 0) is 4.79 Å². The second-order valence-electron chi connectivity index (χ2n) is 5.06. The van der Waals surface area contributed by atoms with Gasteiger partial charge in [0.2, 0.25) is 5.91 Å². The van der Waals surface area contributed by atoms with Crippen LogP contribution < -0.4 is 10.1 Å². The molecule has 134 valence electrons. The van der Waals surface area contributed by atoms with Crippen molar-refractivity contribution in [1.82, 2.24) is 4.98 Å². The van der Waals surface area contributed by atoms with Crippen LogP contribution in [0.4, 0.5) is 10.8 Å². The number of ether oxygens (including phenoxy) is 1. The second-order valence-corrected chi connectivity index (χ2v) is 7.58. The van der Waals surface area contributed by atoms with Crippen molar-refractivity contribution < 1.29 is 14.5 Å². The Kier molecular flexibility index (Phi) is 5.60. The summed E-state index contributed by atoms with van der Waals surface area (Å²) in [5.41, 5.74) is 0.387. The molecule has 7 nitrogen and oxygen atoms in total. The Morgan fingerprint density at radius 3 is 2.77 bits per heavy atom. The van der Waals surface area contributed by atoms with Crippen LogP contribution in [0.3, 0.4) is 0 Å². The Balaban J connectivity index is 1.72. The molecule has 2 aromatic carbocycles. The van der Waals surface area contributed by atoms with E-state index in [0.29, 0.717) is 26.1 Å². The van der Waals surface area contributed by atoms with E-state index < -0.39 is 4.92 Å². The lowest BCUT2D eigenvalue weighted by Crippen LogP contribution is -2.13. The maximum Gasteiger partial charge on any atom is 0.274 e. The number of benzene rings is 2. The molecule has 0 aliphatic rings. The molecule has 0 aliphatic carbocycles. The number of fused-ring (bicyclic) bond motifs is 1. The minimum atomic E-state index is -0.497. The van der Waals surface area contributed by atoms with Crippen LogP contribution in [-0.4, -0.2) is 28.7 Å². The molecule has 0 aliphatic heterocycles. The third-order valence-electron chi connectivity index (χ3n) is 3.31. The molecule has 0 saturated heterocycles. The largest absolute Gasteiger partial charge is 0.494 e. The molecule has 0 radical (unpaired) electrons. The lowest BCUT2D eigenvalue weighted by molar-refractivity contribution is -0.384. The first-order chi connectivity index (χ1) is 12.5. The normalized spacial score (nSPS) is 10.7. The summed E-state index contributed by atoms with van der Waals surface area (Å²) in [4.78, 5) is 27.8. The lowest BCUT2D eigenvalue weighted by atomic mass is 10.3. The molecule has 0 spiro atoms. The van der Waals surface area contributed by atoms with Crippen LogP contribution in [0, 0.1) is 10.1 Å². The van der Waals surface area contributed by atoms with Gasteiger partial charge in [-0.25, -0.2) is 4.98 Å². The van der Waals surface area contributed by atoms with Crippen LogP contribution in [0.15, 0.2) is 41.3 Å². The molecule has 10 heteroatoms. The number of nitrogens with one attached hydrogen (secondary N) is 1. The molecule has 1 amide bonds. The fourth-order valence-electron chi connectivity index (χ4n) is 2.13. The van der Waals surface area contributed by atoms with E-state index in [-0.39, 0.29) is 17.3 Å². The van der Waals surface area contributed by atoms with Crippen molar-refractivity contribution in [2.75, 3.05) is 18.2 Å². The number of rotatable bonds is 6. The SMILES string of the molecule is COc1cc([N+](=O)[O-])cc2sc(NC(=O)CSc3ccc(Cl)cc3)nc12. The van der Waals surface area contributed by atoms with Gasteiger partial charge in [0.15, 0.2) is 10.9 Å². The highest BCUT2D eigenvalue weighted by Gasteiger charge is 2.17. The van der Waals surface area contributed by atoms with Crippen molar-refractivity contribution in [1.29, 1.82) is 0 Å². The highest BCUT2D eigenvalue weighted by molar-refractivity contribution is 8.00. The van der Waals surface area contributed by atoms with E-state index >= 15 is 0 Å². The molecule has 1 aromatic heterocycles. The van der Waals surface area contributed by atoms with Crippen LogP contribution in [0.1, 0.15) is 0 Å². The number of hydrogen-bond donors (Lipinski definition) is 1. The molecule has 0 saturated carbocycles. The number of carbonyl (C=O) groups excluding carboxylic acids is 1. The molecule has 26 heavy (non-hydrogen) atoms. The number of non-ortho nitro benzene ring substituents is 1. The summed E-state index contributed by atoms with van der Waals surface area (Å²) in [7, 11) is 1.42. The first-order valence-corrected chi connectivity index (χ1v) is 9.45. The Labute approximate surface area is 161 Å². The van der Waals surface area contributed by atoms with Gasteiger partial charge < -0.3 is 10.1 Å². The highest BCUT2D eigenvalue weighted by Crippen LogP contribution is 2.36. The van der Waals surface area contributed by atoms with Crippen LogP contribution in [0.25, 0.3) is 10.2 Å². The Morgan fingerprint density at radius 2 is 2.12 bits per heavy atom. The Bertz CT molecular complexity index is 976. The number of carbonyl (C=O) groups is 1. The van der Waals surface area contributed by atoms with E-state index in [1.807, 2.05) is 12.1 Å². The summed E-state index contributed by atoms with van der Waals surface area (Å²) in [5, 5.41) is 14.7. The zero-order valence-electron chi connectivity index (χ0n) is 13.4. The van der Waals surface area contributed by atoms with Gasteiger partial charge in [0, 0.05) is 16.0 Å². The summed E-state index contributed by atoms with van der Waals surface area (Å²) in [5.74, 6) is 0.272. The number of methoxy groups -OCH3 is 1. The third-order valence-corrected chi connectivity index (χ3v) is 5.49. The molecule has 0 unspecified atom stereocenters. The predicted molar refractivity (Wildman–Crippen MR) is 104 cm³/mol. The number of anilines is 1. The van der Waals surface area contributed by atoms with Crippen molar-refractivity contribution in [2.45, 2.75) is 4.90 Å². The van der Waals surface area contributed by atoms with Gasteiger partial charge in [0.1, 0.15) is 5.52 Å². The number of halogens is 1. The van der Waals surface area contributed by atoms with E-state index in [1.165, 1.54) is 31.0 Å². The number of amides is 1. The molecular weight excluding hydrogens is 398 g/mol. The summed E-state index contributed by atoms with van der Waals surface area (Å²) in [6.45, 7) is 0. The fourth-order valence-corrected chi connectivity index (χ4v) is 3.89. The maximum atomic E-state index is 12.1. The van der Waals surface area contributed by atoms with Crippen molar-refractivity contribution >= 4 is 61.6 Å². The van der Waals surface area contributed by atoms with E-state index in [2.05, 4.69) is 10.3 Å². The molecule has 0 atom stereocenters. The summed E-state index contributed by atoms with van der Waals surface area (Å²) in [6, 6.07) is 9.91. The molecule has 3 aromatic rings. The number of nitrogens with zero attached hydrogens (tertiary/aromatic N) is 2. The Morgan fingerprint density at radius 1 is 1.38 bits per heavy atom. The average Bonchev–Trinajstić information content (AvgIpc) is 3.02. The van der Waals surface area contributed by atoms with E-state index in [0.717, 1.165) is 16.2 Å². The average molecular weight is 410 g/mol.